The molecule has 1 N–H and O–H groups in total. The predicted octanol–water partition coefficient (Wildman–Crippen LogP) is 1.52. The first kappa shape index (κ1) is 11.0. The van der Waals surface area contributed by atoms with Crippen LogP contribution in [0.15, 0.2) is 30.3 Å². The van der Waals surface area contributed by atoms with Crippen LogP contribution >= 0.6 is 11.6 Å². The van der Waals surface area contributed by atoms with Crippen LogP contribution < -0.4 is 5.32 Å². The van der Waals surface area contributed by atoms with Crippen LogP contribution in [0.4, 0.5) is 4.79 Å². The average molecular weight is 239 g/mol. The van der Waals surface area contributed by atoms with Gasteiger partial charge >= 0.3 is 6.03 Å². The molecule has 1 unspecified atom stereocenters. The Labute approximate surface area is 98.2 Å². The van der Waals surface area contributed by atoms with Crippen molar-refractivity contribution in [2.75, 3.05) is 12.4 Å². The monoisotopic (exact) mass is 238 g/mol. The number of benzene rings is 1. The molecular formula is C11H11ClN2O2. The van der Waals surface area contributed by atoms with Crippen molar-refractivity contribution in [2.45, 2.75) is 6.04 Å². The highest BCUT2D eigenvalue weighted by molar-refractivity contribution is 6.18. The highest BCUT2D eigenvalue weighted by atomic mass is 35.5. The summed E-state index contributed by atoms with van der Waals surface area (Å²) in [4.78, 5) is 24.5. The van der Waals surface area contributed by atoms with Crippen molar-refractivity contribution >= 4 is 23.5 Å². The Kier molecular flexibility index (Phi) is 3.10. The minimum absolute atomic E-state index is 0.239. The second kappa shape index (κ2) is 4.53. The van der Waals surface area contributed by atoms with Gasteiger partial charge in [0.05, 0.1) is 0 Å². The summed E-state index contributed by atoms with van der Waals surface area (Å²) in [5, 5.41) is 2.63. The van der Waals surface area contributed by atoms with Crippen molar-refractivity contribution in [1.82, 2.24) is 10.2 Å². The van der Waals surface area contributed by atoms with Crippen molar-refractivity contribution in [1.29, 1.82) is 0 Å². The number of carbonyl (C=O) groups is 2. The first-order valence-electron chi connectivity index (χ1n) is 4.97. The molecule has 1 aliphatic heterocycles. The van der Waals surface area contributed by atoms with E-state index in [2.05, 4.69) is 5.32 Å². The number of nitrogens with one attached hydrogen (secondary N) is 1. The van der Waals surface area contributed by atoms with Crippen LogP contribution in [-0.4, -0.2) is 29.3 Å². The maximum absolute atomic E-state index is 11.9. The van der Waals surface area contributed by atoms with Crippen molar-refractivity contribution in [3.8, 4) is 0 Å². The quantitative estimate of drug-likeness (QED) is 0.641. The van der Waals surface area contributed by atoms with Crippen LogP contribution in [0.3, 0.4) is 0 Å². The number of carbonyl (C=O) groups excluding carboxylic acids is 2. The summed E-state index contributed by atoms with van der Waals surface area (Å²) in [5.41, 5.74) is 0.790. The van der Waals surface area contributed by atoms with Gasteiger partial charge in [-0.05, 0) is 5.56 Å². The zero-order valence-corrected chi connectivity index (χ0v) is 9.28. The molecule has 1 heterocycles. The number of hydrogen-bond acceptors (Lipinski definition) is 2. The lowest BCUT2D eigenvalue weighted by Gasteiger charge is -2.10. The topological polar surface area (TPSA) is 49.4 Å². The van der Waals surface area contributed by atoms with Crippen molar-refractivity contribution < 1.29 is 9.59 Å². The molecule has 1 saturated heterocycles. The summed E-state index contributed by atoms with van der Waals surface area (Å²) >= 11 is 5.53. The Morgan fingerprint density at radius 3 is 2.56 bits per heavy atom. The highest BCUT2D eigenvalue weighted by Crippen LogP contribution is 2.21. The van der Waals surface area contributed by atoms with Gasteiger partial charge in [-0.25, -0.2) is 4.79 Å². The summed E-state index contributed by atoms with van der Waals surface area (Å²) in [5.74, 6) is 0.0116. The number of hydrogen-bond donors (Lipinski definition) is 1. The predicted molar refractivity (Wildman–Crippen MR) is 60.1 cm³/mol. The summed E-state index contributed by atoms with van der Waals surface area (Å²) < 4.78 is 0. The van der Waals surface area contributed by atoms with Gasteiger partial charge in [-0.15, -0.1) is 11.6 Å². The van der Waals surface area contributed by atoms with Crippen molar-refractivity contribution in [3.63, 3.8) is 0 Å². The molecule has 0 aromatic heterocycles. The molecule has 1 fully saturated rings. The fourth-order valence-electron chi connectivity index (χ4n) is 1.69. The Bertz CT molecular complexity index is 408. The number of imide groups is 1. The molecule has 4 nitrogen and oxygen atoms in total. The SMILES string of the molecule is O=C1NC(c2ccccc2)C(=O)N1CCCl. The standard InChI is InChI=1S/C11H11ClN2O2/c12-6-7-14-10(15)9(13-11(14)16)8-4-2-1-3-5-8/h1-5,9H,6-7H2,(H,13,16). The van der Waals surface area contributed by atoms with Gasteiger partial charge in [0.15, 0.2) is 0 Å². The van der Waals surface area contributed by atoms with Crippen LogP contribution in [0, 0.1) is 0 Å². The Morgan fingerprint density at radius 2 is 1.94 bits per heavy atom. The molecule has 3 amide bonds. The lowest BCUT2D eigenvalue weighted by atomic mass is 10.1. The number of rotatable bonds is 3. The molecule has 0 saturated carbocycles. The Balaban J connectivity index is 2.21. The minimum atomic E-state index is -0.572. The molecule has 1 aliphatic rings. The zero-order chi connectivity index (χ0) is 11.5. The second-order valence-corrected chi connectivity index (χ2v) is 3.85. The first-order valence-corrected chi connectivity index (χ1v) is 5.50. The molecule has 1 aromatic rings. The summed E-state index contributed by atoms with van der Waals surface area (Å²) in [7, 11) is 0. The Morgan fingerprint density at radius 1 is 1.25 bits per heavy atom. The molecule has 1 atom stereocenters. The third-order valence-corrected chi connectivity index (χ3v) is 2.64. The number of urea groups is 1. The van der Waals surface area contributed by atoms with E-state index in [9.17, 15) is 9.59 Å². The van der Waals surface area contributed by atoms with E-state index >= 15 is 0 Å². The van der Waals surface area contributed by atoms with E-state index in [0.717, 1.165) is 10.5 Å². The summed E-state index contributed by atoms with van der Waals surface area (Å²) in [6.45, 7) is 0.246. The molecule has 16 heavy (non-hydrogen) atoms. The number of alkyl halides is 1. The lowest BCUT2D eigenvalue weighted by molar-refractivity contribution is -0.127. The number of halogens is 1. The highest BCUT2D eigenvalue weighted by Gasteiger charge is 2.38. The van der Waals surface area contributed by atoms with Gasteiger partial charge in [-0.1, -0.05) is 30.3 Å². The molecule has 5 heteroatoms. The molecule has 0 aliphatic carbocycles. The van der Waals surface area contributed by atoms with Gasteiger partial charge in [0.1, 0.15) is 6.04 Å². The van der Waals surface area contributed by atoms with E-state index in [1.807, 2.05) is 30.3 Å². The molecule has 0 bridgehead atoms. The third kappa shape index (κ3) is 1.88. The normalized spacial score (nSPS) is 20.1. The molecule has 0 spiro atoms. The van der Waals surface area contributed by atoms with Crippen LogP contribution in [0.25, 0.3) is 0 Å². The van der Waals surface area contributed by atoms with Crippen LogP contribution in [0.5, 0.6) is 0 Å². The van der Waals surface area contributed by atoms with Gasteiger partial charge in [0, 0.05) is 12.4 Å². The van der Waals surface area contributed by atoms with Crippen LogP contribution in [-0.2, 0) is 4.79 Å². The summed E-state index contributed by atoms with van der Waals surface area (Å²) in [6, 6.07) is 8.20. The van der Waals surface area contributed by atoms with E-state index in [0.29, 0.717) is 0 Å². The first-order chi connectivity index (χ1) is 7.74. The Hall–Kier alpha value is -1.55. The molecular weight excluding hydrogens is 228 g/mol. The smallest absolute Gasteiger partial charge is 0.322 e. The van der Waals surface area contributed by atoms with E-state index in [1.54, 1.807) is 0 Å². The maximum Gasteiger partial charge on any atom is 0.325 e. The van der Waals surface area contributed by atoms with Gasteiger partial charge in [-0.3, -0.25) is 9.69 Å². The fraction of sp³-hybridized carbons (Fsp3) is 0.273. The van der Waals surface area contributed by atoms with Gasteiger partial charge in [0.2, 0.25) is 0 Å². The van der Waals surface area contributed by atoms with Crippen LogP contribution in [0.1, 0.15) is 11.6 Å². The van der Waals surface area contributed by atoms with Crippen molar-refractivity contribution in [3.05, 3.63) is 35.9 Å². The third-order valence-electron chi connectivity index (χ3n) is 2.47. The van der Waals surface area contributed by atoms with Gasteiger partial charge < -0.3 is 5.32 Å². The van der Waals surface area contributed by atoms with E-state index < -0.39 is 6.04 Å². The summed E-state index contributed by atoms with van der Waals surface area (Å²) in [6.07, 6.45) is 0. The van der Waals surface area contributed by atoms with Crippen LogP contribution in [0.2, 0.25) is 0 Å². The molecule has 84 valence electrons. The molecule has 0 radical (unpaired) electrons. The minimum Gasteiger partial charge on any atom is -0.322 e. The van der Waals surface area contributed by atoms with E-state index in [4.69, 9.17) is 11.6 Å². The number of amides is 3. The van der Waals surface area contributed by atoms with Gasteiger partial charge in [0.25, 0.3) is 5.91 Å². The largest absolute Gasteiger partial charge is 0.325 e. The van der Waals surface area contributed by atoms with E-state index in [1.165, 1.54) is 0 Å². The lowest BCUT2D eigenvalue weighted by Crippen LogP contribution is -2.32. The molecule has 1 aromatic carbocycles. The van der Waals surface area contributed by atoms with Crippen molar-refractivity contribution in [2.24, 2.45) is 0 Å². The number of nitrogens with zero attached hydrogens (tertiary/aromatic N) is 1. The fourth-order valence-corrected chi connectivity index (χ4v) is 1.86. The zero-order valence-electron chi connectivity index (χ0n) is 8.52. The maximum atomic E-state index is 11.9. The van der Waals surface area contributed by atoms with E-state index in [-0.39, 0.29) is 24.4 Å². The average Bonchev–Trinajstić information content (AvgIpc) is 2.59. The van der Waals surface area contributed by atoms with Gasteiger partial charge in [-0.2, -0.15) is 0 Å². The second-order valence-electron chi connectivity index (χ2n) is 3.47. The molecule has 2 rings (SSSR count).